The summed E-state index contributed by atoms with van der Waals surface area (Å²) in [5, 5.41) is 0. The van der Waals surface area contributed by atoms with Crippen LogP contribution in [-0.2, 0) is 6.42 Å². The first-order chi connectivity index (χ1) is 16.3. The van der Waals surface area contributed by atoms with Gasteiger partial charge in [-0.3, -0.25) is 0 Å². The van der Waals surface area contributed by atoms with E-state index in [2.05, 4.69) is 99.8 Å². The number of rotatable bonds is 5. The van der Waals surface area contributed by atoms with E-state index >= 15 is 0 Å². The molecule has 2 aliphatic heterocycles. The molecule has 1 unspecified atom stereocenters. The minimum absolute atomic E-state index is 0.163. The second kappa shape index (κ2) is 9.80. The van der Waals surface area contributed by atoms with Crippen LogP contribution in [0, 0.1) is 19.8 Å². The maximum absolute atomic E-state index is 4.53. The van der Waals surface area contributed by atoms with E-state index in [-0.39, 0.29) is 11.6 Å². The summed E-state index contributed by atoms with van der Waals surface area (Å²) in [6.45, 7) is 21.6. The molecule has 2 fully saturated rings. The van der Waals surface area contributed by atoms with Crippen molar-refractivity contribution in [2.45, 2.75) is 51.6 Å². The predicted octanol–water partition coefficient (Wildman–Crippen LogP) is 7.16. The Morgan fingerprint density at radius 1 is 1.00 bits per heavy atom. The number of fused-ring (bicyclic) bond motifs is 1. The predicted molar refractivity (Wildman–Crippen MR) is 146 cm³/mol. The molecule has 2 aromatic rings. The van der Waals surface area contributed by atoms with Crippen LogP contribution in [0.5, 0.6) is 0 Å². The molecule has 5 rings (SSSR count). The average molecular weight is 453 g/mol. The van der Waals surface area contributed by atoms with E-state index in [0.29, 0.717) is 0 Å². The van der Waals surface area contributed by atoms with E-state index in [4.69, 9.17) is 0 Å². The zero-order valence-corrected chi connectivity index (χ0v) is 21.5. The summed E-state index contributed by atoms with van der Waals surface area (Å²) in [4.78, 5) is 4.90. The number of likely N-dealkylation sites (tertiary alicyclic amines) is 1. The van der Waals surface area contributed by atoms with Gasteiger partial charge in [-0.1, -0.05) is 98.5 Å². The van der Waals surface area contributed by atoms with Crippen LogP contribution in [0.1, 0.15) is 53.6 Å². The van der Waals surface area contributed by atoms with E-state index < -0.39 is 0 Å². The van der Waals surface area contributed by atoms with E-state index in [0.717, 1.165) is 23.6 Å². The molecule has 0 N–H and O–H groups in total. The quantitative estimate of drug-likeness (QED) is 0.444. The van der Waals surface area contributed by atoms with Crippen molar-refractivity contribution >= 4 is 0 Å². The highest BCUT2D eigenvalue weighted by molar-refractivity contribution is 5.50. The zero-order valence-electron chi connectivity index (χ0n) is 21.5. The van der Waals surface area contributed by atoms with Crippen LogP contribution in [0.4, 0.5) is 0 Å². The Kier molecular flexibility index (Phi) is 7.00. The van der Waals surface area contributed by atoms with Crippen molar-refractivity contribution in [1.82, 2.24) is 9.80 Å². The van der Waals surface area contributed by atoms with Gasteiger partial charge in [-0.15, -0.1) is 0 Å². The maximum atomic E-state index is 4.53. The lowest BCUT2D eigenvalue weighted by atomic mass is 9.81. The van der Waals surface area contributed by atoms with Gasteiger partial charge in [0.2, 0.25) is 0 Å². The molecule has 2 heteroatoms. The molecule has 1 saturated heterocycles. The fraction of sp³-hybridized carbons (Fsp3) is 0.375. The Labute approximate surface area is 207 Å². The minimum Gasteiger partial charge on any atom is -0.354 e. The zero-order chi connectivity index (χ0) is 24.5. The highest BCUT2D eigenvalue weighted by Crippen LogP contribution is 2.56. The van der Waals surface area contributed by atoms with Gasteiger partial charge in [0.1, 0.15) is 0 Å². The third-order valence-electron chi connectivity index (χ3n) is 7.49. The number of hydrogen-bond donors (Lipinski definition) is 0. The molecule has 2 nitrogen and oxygen atoms in total. The third-order valence-corrected chi connectivity index (χ3v) is 7.49. The first-order valence-electron chi connectivity index (χ1n) is 12.6. The minimum atomic E-state index is 0.163. The second-order valence-electron chi connectivity index (χ2n) is 10.6. The van der Waals surface area contributed by atoms with Crippen molar-refractivity contribution in [3.05, 3.63) is 120 Å². The molecule has 0 aromatic heterocycles. The van der Waals surface area contributed by atoms with Gasteiger partial charge in [0, 0.05) is 24.3 Å². The molecule has 1 saturated carbocycles. The molecule has 1 atom stereocenters. The number of hydrogen-bond acceptors (Lipinski definition) is 2. The van der Waals surface area contributed by atoms with Crippen molar-refractivity contribution in [3.63, 3.8) is 0 Å². The topological polar surface area (TPSA) is 6.48 Å². The lowest BCUT2D eigenvalue weighted by Crippen LogP contribution is -2.45. The fourth-order valence-electron chi connectivity index (χ4n) is 5.65. The number of allylic oxidation sites excluding steroid dienone is 3. The summed E-state index contributed by atoms with van der Waals surface area (Å²) in [5.74, 6) is 0.968. The smallest absolute Gasteiger partial charge is 0.0804 e. The van der Waals surface area contributed by atoms with E-state index in [1.165, 1.54) is 53.7 Å². The van der Waals surface area contributed by atoms with Gasteiger partial charge in [0.25, 0.3) is 0 Å². The number of nitrogens with zero attached hydrogens (tertiary/aromatic N) is 2. The first kappa shape index (κ1) is 24.3. The summed E-state index contributed by atoms with van der Waals surface area (Å²) >= 11 is 0. The summed E-state index contributed by atoms with van der Waals surface area (Å²) in [6, 6.07) is 16.1. The van der Waals surface area contributed by atoms with Crippen LogP contribution in [0.25, 0.3) is 0 Å². The van der Waals surface area contributed by atoms with Gasteiger partial charge >= 0.3 is 0 Å². The largest absolute Gasteiger partial charge is 0.354 e. The third kappa shape index (κ3) is 4.83. The van der Waals surface area contributed by atoms with Crippen molar-refractivity contribution < 1.29 is 0 Å². The van der Waals surface area contributed by atoms with E-state index in [1.54, 1.807) is 0 Å². The van der Waals surface area contributed by atoms with Crippen molar-refractivity contribution in [2.24, 2.45) is 5.92 Å². The molecule has 0 amide bonds. The lowest BCUT2D eigenvalue weighted by molar-refractivity contribution is 0.149. The lowest BCUT2D eigenvalue weighted by Gasteiger charge is -2.47. The summed E-state index contributed by atoms with van der Waals surface area (Å²) in [6.07, 6.45) is 9.24. The normalized spacial score (nSPS) is 21.1. The van der Waals surface area contributed by atoms with Gasteiger partial charge in [-0.2, -0.15) is 0 Å². The highest BCUT2D eigenvalue weighted by Gasteiger charge is 2.54. The molecule has 2 aromatic carbocycles. The Bertz CT molecular complexity index is 1090. The van der Waals surface area contributed by atoms with Gasteiger partial charge in [-0.05, 0) is 68.3 Å². The van der Waals surface area contributed by atoms with Gasteiger partial charge in [0.05, 0.1) is 6.04 Å². The molecule has 178 valence electrons. The summed E-state index contributed by atoms with van der Waals surface area (Å²) < 4.78 is 0. The molecule has 1 aliphatic carbocycles. The van der Waals surface area contributed by atoms with Crippen LogP contribution in [0.3, 0.4) is 0 Å². The Morgan fingerprint density at radius 2 is 1.65 bits per heavy atom. The molecular weight excluding hydrogens is 412 g/mol. The fourth-order valence-corrected chi connectivity index (χ4v) is 5.65. The second-order valence-corrected chi connectivity index (χ2v) is 10.6. The molecular formula is C32H40N2. The van der Waals surface area contributed by atoms with Crippen molar-refractivity contribution in [1.29, 1.82) is 0 Å². The van der Waals surface area contributed by atoms with E-state index in [9.17, 15) is 0 Å². The monoisotopic (exact) mass is 452 g/mol. The van der Waals surface area contributed by atoms with Gasteiger partial charge < -0.3 is 9.80 Å². The Balaban J connectivity index is 0.000000398. The van der Waals surface area contributed by atoms with E-state index in [1.807, 2.05) is 18.2 Å². The molecule has 34 heavy (non-hydrogen) atoms. The molecule has 2 heterocycles. The molecule has 1 spiro atoms. The number of benzene rings is 2. The SMILES string of the molecule is C=C/C=C(\C=C)C(=C)N1C(c2ccc(C)cc2)c2ccc(C)cc2CC12CC2.CC1CN(C)C1. The summed E-state index contributed by atoms with van der Waals surface area (Å²) in [7, 11) is 2.15. The average Bonchev–Trinajstić information content (AvgIpc) is 3.55. The Hall–Kier alpha value is -2.84. The van der Waals surface area contributed by atoms with Crippen LogP contribution < -0.4 is 0 Å². The highest BCUT2D eigenvalue weighted by atomic mass is 15.3. The number of aryl methyl sites for hydroxylation is 2. The van der Waals surface area contributed by atoms with Crippen LogP contribution in [-0.4, -0.2) is 35.5 Å². The standard InChI is InChI=1S/C27H29N.C5H11N/c1-6-8-22(7-2)21(5)28-26(23-12-9-19(3)10-13-23)25-14-11-20(4)17-24(25)18-27(28)15-16-27;1-5-3-6(2)4-5/h6-14,17,26H,1-2,5,15-16,18H2,3-4H3;5H,3-4H2,1-2H3/b22-8+;. The summed E-state index contributed by atoms with van der Waals surface area (Å²) in [5.41, 5.74) is 9.09. The van der Waals surface area contributed by atoms with Crippen molar-refractivity contribution in [3.8, 4) is 0 Å². The Morgan fingerprint density at radius 3 is 2.15 bits per heavy atom. The van der Waals surface area contributed by atoms with Crippen molar-refractivity contribution in [2.75, 3.05) is 20.1 Å². The van der Waals surface area contributed by atoms with Gasteiger partial charge in [0.15, 0.2) is 0 Å². The van der Waals surface area contributed by atoms with Crippen LogP contribution >= 0.6 is 0 Å². The van der Waals surface area contributed by atoms with Crippen LogP contribution in [0.15, 0.2) is 91.7 Å². The molecule has 0 bridgehead atoms. The molecule has 3 aliphatic rings. The molecule has 0 radical (unpaired) electrons. The van der Waals surface area contributed by atoms with Gasteiger partial charge in [-0.25, -0.2) is 0 Å². The van der Waals surface area contributed by atoms with Crippen LogP contribution in [0.2, 0.25) is 0 Å². The maximum Gasteiger partial charge on any atom is 0.0804 e. The first-order valence-corrected chi connectivity index (χ1v) is 12.6.